The number of hydrogen-bond donors (Lipinski definition) is 1. The standard InChI is InChI=1S/C28H32F3N3O/c1-17-12-21-20-6-4-5-7-24(20)32-26(21)27(34(17)16-28(2,3)31)25-22(29)13-19(14-23(25)30)33-10-8-18(15-35)9-11-33/h4-7,13-15,17-18,27,32H,8-12,16H2,1-3H3/t17-,27-/m1/s1. The first kappa shape index (κ1) is 23.9. The van der Waals surface area contributed by atoms with Crippen LogP contribution in [-0.2, 0) is 11.2 Å². The topological polar surface area (TPSA) is 39.3 Å². The van der Waals surface area contributed by atoms with Gasteiger partial charge in [-0.15, -0.1) is 0 Å². The molecule has 7 heteroatoms. The van der Waals surface area contributed by atoms with Crippen LogP contribution in [0.25, 0.3) is 10.9 Å². The molecule has 0 saturated carbocycles. The van der Waals surface area contributed by atoms with E-state index in [1.807, 2.05) is 41.0 Å². The minimum Gasteiger partial charge on any atom is -0.371 e. The molecule has 35 heavy (non-hydrogen) atoms. The SMILES string of the molecule is C[C@@H]1Cc2c([nH]c3ccccc23)[C@@H](c2c(F)cc(N3CCC(C=O)CC3)cc2F)N1CC(C)(C)F. The van der Waals surface area contributed by atoms with E-state index in [4.69, 9.17) is 0 Å². The van der Waals surface area contributed by atoms with Crippen LogP contribution in [0.5, 0.6) is 0 Å². The van der Waals surface area contributed by atoms with Gasteiger partial charge in [0.05, 0.1) is 6.04 Å². The second-order valence-electron chi connectivity index (χ2n) is 10.7. The first-order valence-corrected chi connectivity index (χ1v) is 12.4. The van der Waals surface area contributed by atoms with E-state index in [-0.39, 0.29) is 24.1 Å². The molecule has 0 unspecified atom stereocenters. The molecule has 1 fully saturated rings. The zero-order valence-electron chi connectivity index (χ0n) is 20.5. The second kappa shape index (κ2) is 9.01. The summed E-state index contributed by atoms with van der Waals surface area (Å²) in [5, 5.41) is 1.04. The van der Waals surface area contributed by atoms with Gasteiger partial charge in [0.2, 0.25) is 0 Å². The molecule has 0 spiro atoms. The molecule has 0 amide bonds. The maximum atomic E-state index is 15.8. The molecule has 1 saturated heterocycles. The van der Waals surface area contributed by atoms with Gasteiger partial charge < -0.3 is 14.7 Å². The Kier molecular flexibility index (Phi) is 6.16. The third kappa shape index (κ3) is 4.46. The Hall–Kier alpha value is -2.80. The number of nitrogens with one attached hydrogen (secondary N) is 1. The predicted molar refractivity (Wildman–Crippen MR) is 133 cm³/mol. The lowest BCUT2D eigenvalue weighted by Gasteiger charge is -2.43. The molecule has 0 aliphatic carbocycles. The first-order chi connectivity index (χ1) is 16.7. The lowest BCUT2D eigenvalue weighted by atomic mass is 9.87. The molecule has 1 N–H and O–H groups in total. The number of H-pyrrole nitrogens is 1. The highest BCUT2D eigenvalue weighted by Crippen LogP contribution is 2.44. The van der Waals surface area contributed by atoms with E-state index in [1.54, 1.807) is 0 Å². The summed E-state index contributed by atoms with van der Waals surface area (Å²) in [4.78, 5) is 18.3. The van der Waals surface area contributed by atoms with Crippen molar-refractivity contribution in [3.8, 4) is 0 Å². The van der Waals surface area contributed by atoms with E-state index in [2.05, 4.69) is 4.98 Å². The Balaban J connectivity index is 1.61. The van der Waals surface area contributed by atoms with Crippen LogP contribution in [0.4, 0.5) is 18.9 Å². The zero-order chi connectivity index (χ0) is 24.9. The van der Waals surface area contributed by atoms with Gasteiger partial charge in [0.25, 0.3) is 0 Å². The molecule has 4 nitrogen and oxygen atoms in total. The molecule has 2 aliphatic rings. The number of nitrogens with zero attached hydrogens (tertiary/aromatic N) is 2. The number of aldehydes is 1. The third-order valence-corrected chi connectivity index (χ3v) is 7.51. The van der Waals surface area contributed by atoms with E-state index in [0.717, 1.165) is 28.4 Å². The van der Waals surface area contributed by atoms with Gasteiger partial charge in [-0.2, -0.15) is 0 Å². The van der Waals surface area contributed by atoms with Gasteiger partial charge in [-0.25, -0.2) is 13.2 Å². The van der Waals surface area contributed by atoms with Crippen molar-refractivity contribution < 1.29 is 18.0 Å². The van der Waals surface area contributed by atoms with Crippen molar-refractivity contribution >= 4 is 22.9 Å². The molecule has 3 heterocycles. The number of hydrogen-bond acceptors (Lipinski definition) is 3. The molecule has 1 aromatic heterocycles. The lowest BCUT2D eigenvalue weighted by Crippen LogP contribution is -2.48. The summed E-state index contributed by atoms with van der Waals surface area (Å²) in [6.45, 7) is 6.19. The molecule has 0 radical (unpaired) electrons. The fourth-order valence-corrected chi connectivity index (χ4v) is 5.81. The van der Waals surface area contributed by atoms with E-state index in [0.29, 0.717) is 38.0 Å². The number of halogens is 3. The Labute approximate surface area is 204 Å². The average Bonchev–Trinajstić information content (AvgIpc) is 3.17. The quantitative estimate of drug-likeness (QED) is 0.456. The van der Waals surface area contributed by atoms with Gasteiger partial charge in [0.15, 0.2) is 0 Å². The number of benzene rings is 2. The van der Waals surface area contributed by atoms with E-state index in [1.165, 1.54) is 26.0 Å². The highest BCUT2D eigenvalue weighted by atomic mass is 19.1. The van der Waals surface area contributed by atoms with Crippen LogP contribution in [0.15, 0.2) is 36.4 Å². The van der Waals surface area contributed by atoms with Crippen LogP contribution in [0, 0.1) is 17.6 Å². The number of fused-ring (bicyclic) bond motifs is 3. The van der Waals surface area contributed by atoms with Crippen molar-refractivity contribution in [2.45, 2.75) is 57.8 Å². The molecule has 2 aliphatic heterocycles. The molecule has 5 rings (SSSR count). The van der Waals surface area contributed by atoms with Crippen molar-refractivity contribution in [3.05, 3.63) is 64.9 Å². The molecule has 2 aromatic carbocycles. The number of anilines is 1. The summed E-state index contributed by atoms with van der Waals surface area (Å²) in [6, 6.07) is 9.75. The zero-order valence-corrected chi connectivity index (χ0v) is 20.5. The van der Waals surface area contributed by atoms with Gasteiger partial charge in [0, 0.05) is 59.4 Å². The smallest absolute Gasteiger partial charge is 0.133 e. The average molecular weight is 484 g/mol. The Morgan fingerprint density at radius 2 is 1.77 bits per heavy atom. The second-order valence-corrected chi connectivity index (χ2v) is 10.7. The Bertz CT molecular complexity index is 1220. The van der Waals surface area contributed by atoms with Crippen molar-refractivity contribution in [2.75, 3.05) is 24.5 Å². The number of rotatable bonds is 5. The number of aromatic nitrogens is 1. The minimum atomic E-state index is -1.54. The van der Waals surface area contributed by atoms with E-state index >= 15 is 8.78 Å². The van der Waals surface area contributed by atoms with Gasteiger partial charge >= 0.3 is 0 Å². The van der Waals surface area contributed by atoms with Gasteiger partial charge in [0.1, 0.15) is 23.6 Å². The molecular formula is C28H32F3N3O. The molecule has 186 valence electrons. The normalized spacial score (nSPS) is 21.9. The molecular weight excluding hydrogens is 451 g/mol. The van der Waals surface area contributed by atoms with Gasteiger partial charge in [-0.1, -0.05) is 18.2 Å². The van der Waals surface area contributed by atoms with Crippen LogP contribution in [0.1, 0.15) is 56.5 Å². The number of carbonyl (C=O) groups excluding carboxylic acids is 1. The molecule has 3 aromatic rings. The van der Waals surface area contributed by atoms with Gasteiger partial charge in [-0.05, 0) is 63.8 Å². The van der Waals surface area contributed by atoms with Crippen molar-refractivity contribution in [1.29, 1.82) is 0 Å². The fourth-order valence-electron chi connectivity index (χ4n) is 5.81. The third-order valence-electron chi connectivity index (χ3n) is 7.51. The lowest BCUT2D eigenvalue weighted by molar-refractivity contribution is -0.111. The minimum absolute atomic E-state index is 0.00184. The predicted octanol–water partition coefficient (Wildman–Crippen LogP) is 5.95. The van der Waals surface area contributed by atoms with E-state index in [9.17, 15) is 9.18 Å². The highest BCUT2D eigenvalue weighted by molar-refractivity contribution is 5.85. The monoisotopic (exact) mass is 483 g/mol. The van der Waals surface area contributed by atoms with Crippen LogP contribution < -0.4 is 4.90 Å². The maximum absolute atomic E-state index is 15.8. The summed E-state index contributed by atoms with van der Waals surface area (Å²) in [6.07, 6.45) is 2.97. The van der Waals surface area contributed by atoms with Crippen molar-refractivity contribution in [3.63, 3.8) is 0 Å². The van der Waals surface area contributed by atoms with Crippen LogP contribution in [0.3, 0.4) is 0 Å². The number of alkyl halides is 1. The van der Waals surface area contributed by atoms with Gasteiger partial charge in [-0.3, -0.25) is 4.90 Å². The summed E-state index contributed by atoms with van der Waals surface area (Å²) in [7, 11) is 0. The number of carbonyl (C=O) groups is 1. The van der Waals surface area contributed by atoms with Crippen molar-refractivity contribution in [1.82, 2.24) is 9.88 Å². The molecule has 2 atom stereocenters. The Morgan fingerprint density at radius 1 is 1.11 bits per heavy atom. The number of aromatic amines is 1. The molecule has 0 bridgehead atoms. The summed E-state index contributed by atoms with van der Waals surface area (Å²) >= 11 is 0. The van der Waals surface area contributed by atoms with Crippen LogP contribution in [0.2, 0.25) is 0 Å². The largest absolute Gasteiger partial charge is 0.371 e. The Morgan fingerprint density at radius 3 is 2.40 bits per heavy atom. The van der Waals surface area contributed by atoms with Crippen molar-refractivity contribution in [2.24, 2.45) is 5.92 Å². The summed E-state index contributed by atoms with van der Waals surface area (Å²) in [5.74, 6) is -1.27. The summed E-state index contributed by atoms with van der Waals surface area (Å²) in [5.41, 5.74) is 1.56. The first-order valence-electron chi connectivity index (χ1n) is 12.4. The fraction of sp³-hybridized carbons (Fsp3) is 0.464. The maximum Gasteiger partial charge on any atom is 0.133 e. The summed E-state index contributed by atoms with van der Waals surface area (Å²) < 4.78 is 46.6. The van der Waals surface area contributed by atoms with Crippen LogP contribution >= 0.6 is 0 Å². The number of para-hydroxylation sites is 1. The van der Waals surface area contributed by atoms with Crippen LogP contribution in [-0.4, -0.2) is 47.5 Å². The number of piperidine rings is 1. The van der Waals surface area contributed by atoms with E-state index < -0.39 is 23.3 Å². The highest BCUT2D eigenvalue weighted by Gasteiger charge is 2.41.